The van der Waals surface area contributed by atoms with Gasteiger partial charge in [-0.25, -0.2) is 13.2 Å². The zero-order chi connectivity index (χ0) is 19.6. The van der Waals surface area contributed by atoms with Gasteiger partial charge < -0.3 is 15.3 Å². The summed E-state index contributed by atoms with van der Waals surface area (Å²) in [5.41, 5.74) is 0.961. The summed E-state index contributed by atoms with van der Waals surface area (Å²) in [6.45, 7) is 3.59. The molecule has 0 saturated heterocycles. The molecule has 142 valence electrons. The highest BCUT2D eigenvalue weighted by molar-refractivity contribution is 7.89. The number of H-pyrrole nitrogens is 2. The van der Waals surface area contributed by atoms with Crippen LogP contribution in [0.1, 0.15) is 25.5 Å². The van der Waals surface area contributed by atoms with Gasteiger partial charge in [0.15, 0.2) is 0 Å². The molecule has 0 saturated carbocycles. The number of rotatable bonds is 6. The zero-order valence-electron chi connectivity index (χ0n) is 14.8. The molecule has 0 spiro atoms. The Labute approximate surface area is 156 Å². The van der Waals surface area contributed by atoms with Crippen molar-refractivity contribution in [1.29, 1.82) is 0 Å². The van der Waals surface area contributed by atoms with Gasteiger partial charge in [0.1, 0.15) is 6.04 Å². The number of sulfonamides is 1. The highest BCUT2D eigenvalue weighted by Gasteiger charge is 2.27. The van der Waals surface area contributed by atoms with E-state index in [9.17, 15) is 18.0 Å². The van der Waals surface area contributed by atoms with Gasteiger partial charge in [0.25, 0.3) is 0 Å². The Morgan fingerprint density at radius 3 is 2.33 bits per heavy atom. The molecule has 9 heteroatoms. The number of carbonyl (C=O) groups excluding carboxylic acids is 1. The summed E-state index contributed by atoms with van der Waals surface area (Å²) in [7, 11) is -4.02. The number of carbonyl (C=O) groups is 1. The lowest BCUT2D eigenvalue weighted by Crippen LogP contribution is -2.42. The first-order chi connectivity index (χ1) is 12.8. The topological polar surface area (TPSA) is 124 Å². The van der Waals surface area contributed by atoms with E-state index in [1.54, 1.807) is 44.2 Å². The van der Waals surface area contributed by atoms with Gasteiger partial charge in [0, 0.05) is 6.04 Å². The molecule has 8 nitrogen and oxygen atoms in total. The van der Waals surface area contributed by atoms with Gasteiger partial charge in [0.2, 0.25) is 15.9 Å². The fourth-order valence-corrected chi connectivity index (χ4v) is 3.90. The average molecular weight is 388 g/mol. The number of imidazole rings is 1. The fourth-order valence-electron chi connectivity index (χ4n) is 2.69. The summed E-state index contributed by atoms with van der Waals surface area (Å²) < 4.78 is 28.2. The monoisotopic (exact) mass is 388 g/mol. The third-order valence-corrected chi connectivity index (χ3v) is 5.32. The fraction of sp³-hybridized carbons (Fsp3) is 0.222. The minimum absolute atomic E-state index is 0.0523. The number of hydrogen-bond donors (Lipinski definition) is 4. The van der Waals surface area contributed by atoms with Crippen molar-refractivity contribution in [2.24, 2.45) is 0 Å². The van der Waals surface area contributed by atoms with Crippen LogP contribution in [0.15, 0.2) is 58.2 Å². The quantitative estimate of drug-likeness (QED) is 0.509. The molecule has 0 aliphatic carbocycles. The normalized spacial score (nSPS) is 13.0. The molecule has 0 aliphatic rings. The second-order valence-corrected chi connectivity index (χ2v) is 8.13. The molecule has 0 bridgehead atoms. The van der Waals surface area contributed by atoms with E-state index in [1.165, 1.54) is 18.2 Å². The third-order valence-electron chi connectivity index (χ3n) is 3.90. The molecule has 1 unspecified atom stereocenters. The van der Waals surface area contributed by atoms with Crippen molar-refractivity contribution in [3.63, 3.8) is 0 Å². The first-order valence-electron chi connectivity index (χ1n) is 8.36. The maximum absolute atomic E-state index is 12.9. The van der Waals surface area contributed by atoms with Crippen molar-refractivity contribution in [3.05, 3.63) is 64.6 Å². The van der Waals surface area contributed by atoms with Gasteiger partial charge in [-0.2, -0.15) is 4.72 Å². The maximum atomic E-state index is 12.9. The Bertz CT molecular complexity index is 1120. The van der Waals surface area contributed by atoms with Crippen LogP contribution in [-0.2, 0) is 14.8 Å². The van der Waals surface area contributed by atoms with Gasteiger partial charge in [-0.1, -0.05) is 30.3 Å². The number of benzene rings is 2. The van der Waals surface area contributed by atoms with E-state index in [0.717, 1.165) is 0 Å². The minimum Gasteiger partial charge on any atom is -0.352 e. The lowest BCUT2D eigenvalue weighted by molar-refractivity contribution is -0.123. The summed E-state index contributed by atoms with van der Waals surface area (Å²) in [5, 5.41) is 2.73. The molecule has 1 atom stereocenters. The van der Waals surface area contributed by atoms with Crippen molar-refractivity contribution >= 4 is 27.0 Å². The Hall–Kier alpha value is -2.91. The number of amides is 1. The van der Waals surface area contributed by atoms with E-state index >= 15 is 0 Å². The van der Waals surface area contributed by atoms with Crippen molar-refractivity contribution in [2.45, 2.75) is 30.8 Å². The zero-order valence-corrected chi connectivity index (χ0v) is 15.6. The smallest absolute Gasteiger partial charge is 0.323 e. The molecule has 1 heterocycles. The molecule has 0 radical (unpaired) electrons. The second kappa shape index (κ2) is 7.37. The molecule has 0 aliphatic heterocycles. The van der Waals surface area contributed by atoms with E-state index in [0.29, 0.717) is 16.6 Å². The van der Waals surface area contributed by atoms with Crippen LogP contribution in [0.2, 0.25) is 0 Å². The molecule has 4 N–H and O–H groups in total. The van der Waals surface area contributed by atoms with Gasteiger partial charge in [-0.15, -0.1) is 0 Å². The molecule has 2 aromatic carbocycles. The number of nitrogens with one attached hydrogen (secondary N) is 4. The largest absolute Gasteiger partial charge is 0.352 e. The Kier molecular flexibility index (Phi) is 5.15. The van der Waals surface area contributed by atoms with Crippen LogP contribution < -0.4 is 15.7 Å². The van der Waals surface area contributed by atoms with Gasteiger partial charge in [0.05, 0.1) is 15.9 Å². The van der Waals surface area contributed by atoms with Gasteiger partial charge in [-0.3, -0.25) is 4.79 Å². The molecule has 3 rings (SSSR count). The first-order valence-corrected chi connectivity index (χ1v) is 9.84. The Morgan fingerprint density at radius 1 is 1.00 bits per heavy atom. The first kappa shape index (κ1) is 18.9. The van der Waals surface area contributed by atoms with E-state index in [4.69, 9.17) is 0 Å². The van der Waals surface area contributed by atoms with E-state index < -0.39 is 27.7 Å². The van der Waals surface area contributed by atoms with E-state index in [-0.39, 0.29) is 10.9 Å². The van der Waals surface area contributed by atoms with Crippen LogP contribution >= 0.6 is 0 Å². The molecule has 1 aromatic heterocycles. The van der Waals surface area contributed by atoms with Gasteiger partial charge in [-0.05, 0) is 37.6 Å². The van der Waals surface area contributed by atoms with E-state index in [1.807, 2.05) is 0 Å². The molecular formula is C18H20N4O4S. The lowest BCUT2D eigenvalue weighted by atomic mass is 10.1. The second-order valence-electron chi connectivity index (χ2n) is 6.41. The molecule has 1 amide bonds. The molecule has 3 aromatic rings. The predicted molar refractivity (Wildman–Crippen MR) is 102 cm³/mol. The SMILES string of the molecule is CC(C)NC(=O)C(NS(=O)(=O)c1ccc2[nH]c(=O)[nH]c2c1)c1ccccc1. The Morgan fingerprint density at radius 2 is 1.67 bits per heavy atom. The van der Waals surface area contributed by atoms with Crippen LogP contribution in [0.25, 0.3) is 11.0 Å². The van der Waals surface area contributed by atoms with Gasteiger partial charge >= 0.3 is 5.69 Å². The summed E-state index contributed by atoms with van der Waals surface area (Å²) in [6, 6.07) is 11.6. The highest BCUT2D eigenvalue weighted by atomic mass is 32.2. The standard InChI is InChI=1S/C18H20N4O4S/c1-11(2)19-17(23)16(12-6-4-3-5-7-12)22-27(25,26)13-8-9-14-15(10-13)21-18(24)20-14/h3-11,16,22H,1-2H3,(H,19,23)(H2,20,21,24). The Balaban J connectivity index is 1.97. The number of aromatic nitrogens is 2. The van der Waals surface area contributed by atoms with Crippen LogP contribution in [0, 0.1) is 0 Å². The van der Waals surface area contributed by atoms with Crippen LogP contribution in [0.3, 0.4) is 0 Å². The van der Waals surface area contributed by atoms with Crippen LogP contribution in [0.5, 0.6) is 0 Å². The average Bonchev–Trinajstić information content (AvgIpc) is 2.99. The molecular weight excluding hydrogens is 368 g/mol. The van der Waals surface area contributed by atoms with Crippen molar-refractivity contribution in [1.82, 2.24) is 20.0 Å². The third kappa shape index (κ3) is 4.26. The van der Waals surface area contributed by atoms with Crippen molar-refractivity contribution in [3.8, 4) is 0 Å². The van der Waals surface area contributed by atoms with Crippen LogP contribution in [0.4, 0.5) is 0 Å². The summed E-state index contributed by atoms with van der Waals surface area (Å²) in [6.07, 6.45) is 0. The highest BCUT2D eigenvalue weighted by Crippen LogP contribution is 2.20. The number of fused-ring (bicyclic) bond motifs is 1. The molecule has 27 heavy (non-hydrogen) atoms. The van der Waals surface area contributed by atoms with Crippen molar-refractivity contribution in [2.75, 3.05) is 0 Å². The summed E-state index contributed by atoms with van der Waals surface area (Å²) >= 11 is 0. The minimum atomic E-state index is -4.02. The summed E-state index contributed by atoms with van der Waals surface area (Å²) in [5.74, 6) is -0.448. The lowest BCUT2D eigenvalue weighted by Gasteiger charge is -2.20. The maximum Gasteiger partial charge on any atom is 0.323 e. The number of aromatic amines is 2. The van der Waals surface area contributed by atoms with Crippen LogP contribution in [-0.4, -0.2) is 30.3 Å². The predicted octanol–water partition coefficient (Wildman–Crippen LogP) is 1.40. The van der Waals surface area contributed by atoms with E-state index in [2.05, 4.69) is 20.0 Å². The summed E-state index contributed by atoms with van der Waals surface area (Å²) in [4.78, 5) is 29.0. The molecule has 0 fully saturated rings. The van der Waals surface area contributed by atoms with Crippen molar-refractivity contribution < 1.29 is 13.2 Å². The number of hydrogen-bond acceptors (Lipinski definition) is 4.